The van der Waals surface area contributed by atoms with Crippen LogP contribution in [0.15, 0.2) is 89.7 Å². The lowest BCUT2D eigenvalue weighted by Crippen LogP contribution is -2.15. The molecule has 23 heteroatoms. The summed E-state index contributed by atoms with van der Waals surface area (Å²) in [5.74, 6) is -1.82. The van der Waals surface area contributed by atoms with Gasteiger partial charge in [-0.25, -0.2) is 21.0 Å². The summed E-state index contributed by atoms with van der Waals surface area (Å²) in [4.78, 5) is -1.25. The average molecular weight is 788 g/mol. The number of phenols is 1. The maximum Gasteiger partial charge on any atom is 0.397 e. The van der Waals surface area contributed by atoms with E-state index in [4.69, 9.17) is 19.8 Å². The predicted octanol–water partition coefficient (Wildman–Crippen LogP) is 4.61. The van der Waals surface area contributed by atoms with Crippen molar-refractivity contribution >= 4 is 79.4 Å². The number of nitrogens with zero attached hydrogens (tertiary/aromatic N) is 4. The third kappa shape index (κ3) is 8.94. The molecule has 4 rings (SSSR count). The van der Waals surface area contributed by atoms with Crippen LogP contribution in [0.5, 0.6) is 17.2 Å². The van der Waals surface area contributed by atoms with Crippen molar-refractivity contribution < 1.29 is 61.5 Å². The highest BCUT2D eigenvalue weighted by molar-refractivity contribution is 7.91. The second-order valence-corrected chi connectivity index (χ2v) is 17.0. The van der Waals surface area contributed by atoms with Gasteiger partial charge in [0, 0.05) is 12.1 Å². The summed E-state index contributed by atoms with van der Waals surface area (Å²) < 4.78 is 129. The Morgan fingerprint density at radius 2 is 1.35 bits per heavy atom. The Morgan fingerprint density at radius 3 is 1.92 bits per heavy atom. The van der Waals surface area contributed by atoms with Crippen molar-refractivity contribution in [2.75, 3.05) is 38.1 Å². The van der Waals surface area contributed by atoms with Gasteiger partial charge in [0.1, 0.15) is 38.4 Å². The molecule has 0 atom stereocenters. The number of ether oxygens (including phenoxy) is 2. The molecule has 51 heavy (non-hydrogen) atoms. The maximum atomic E-state index is 12.5. The molecule has 274 valence electrons. The molecule has 0 heterocycles. The lowest BCUT2D eigenvalue weighted by atomic mass is 10.1. The molecule has 19 nitrogen and oxygen atoms in total. The number of hydrogen-bond donors (Lipinski definition) is 4. The van der Waals surface area contributed by atoms with Crippen molar-refractivity contribution in [3.05, 3.63) is 54.6 Å². The van der Waals surface area contributed by atoms with Crippen LogP contribution in [0.2, 0.25) is 0 Å². The molecule has 0 bridgehead atoms. The standard InChI is InChI=1S/C28H29N5O14S4/c1-4-48(35,36)23-15-21(45-2)20(14-22(23)46-3)32-31-19-10-5-16-13-24(50(39,40)41)27(28(34)25(16)26(19)29)33-30-17-6-8-18(9-7-17)49(37,38)12-11-47-51(42,43)44/h5-10,13-15,34H,4,11-12,29H2,1-3H3,(H,39,40,41)(H,42,43,44). The van der Waals surface area contributed by atoms with Crippen LogP contribution < -0.4 is 15.2 Å². The number of benzene rings is 4. The first kappa shape index (κ1) is 39.0. The Labute approximate surface area is 292 Å². The van der Waals surface area contributed by atoms with Crippen molar-refractivity contribution in [2.24, 2.45) is 20.5 Å². The minimum absolute atomic E-state index is 0.0231. The molecule has 0 saturated carbocycles. The van der Waals surface area contributed by atoms with Gasteiger partial charge in [0.2, 0.25) is 0 Å². The number of aromatic hydroxyl groups is 1. The molecule has 5 N–H and O–H groups in total. The van der Waals surface area contributed by atoms with E-state index in [2.05, 4.69) is 24.6 Å². The number of rotatable bonds is 14. The van der Waals surface area contributed by atoms with E-state index in [9.17, 15) is 43.3 Å². The van der Waals surface area contributed by atoms with Crippen molar-refractivity contribution in [1.82, 2.24) is 0 Å². The van der Waals surface area contributed by atoms with Crippen LogP contribution in [0.3, 0.4) is 0 Å². The summed E-state index contributed by atoms with van der Waals surface area (Å²) in [5.41, 5.74) is 5.34. The minimum atomic E-state index is -5.01. The van der Waals surface area contributed by atoms with Gasteiger partial charge in [-0.1, -0.05) is 13.0 Å². The second kappa shape index (κ2) is 14.8. The molecular formula is C28H29N5O14S4. The summed E-state index contributed by atoms with van der Waals surface area (Å²) >= 11 is 0. The van der Waals surface area contributed by atoms with E-state index in [0.717, 1.165) is 30.3 Å². The third-order valence-electron chi connectivity index (χ3n) is 7.01. The van der Waals surface area contributed by atoms with Crippen LogP contribution in [0.1, 0.15) is 6.92 Å². The van der Waals surface area contributed by atoms with E-state index in [1.54, 1.807) is 0 Å². The van der Waals surface area contributed by atoms with Crippen LogP contribution in [0.4, 0.5) is 28.4 Å². The summed E-state index contributed by atoms with van der Waals surface area (Å²) in [6.07, 6.45) is 0. The number of hydrogen-bond acceptors (Lipinski definition) is 17. The van der Waals surface area contributed by atoms with Gasteiger partial charge in [-0.3, -0.25) is 9.11 Å². The highest BCUT2D eigenvalue weighted by Gasteiger charge is 2.25. The lowest BCUT2D eigenvalue weighted by Gasteiger charge is -2.13. The van der Waals surface area contributed by atoms with E-state index in [0.29, 0.717) is 0 Å². The highest BCUT2D eigenvalue weighted by Crippen LogP contribution is 2.46. The topological polar surface area (TPSA) is 300 Å². The zero-order valence-corrected chi connectivity index (χ0v) is 29.9. The van der Waals surface area contributed by atoms with E-state index in [1.807, 2.05) is 0 Å². The van der Waals surface area contributed by atoms with Crippen LogP contribution in [0, 0.1) is 0 Å². The van der Waals surface area contributed by atoms with Gasteiger partial charge in [0.15, 0.2) is 25.4 Å². The van der Waals surface area contributed by atoms with E-state index < -0.39 is 68.9 Å². The average Bonchev–Trinajstić information content (AvgIpc) is 3.05. The first-order chi connectivity index (χ1) is 23.7. The Bertz CT molecular complexity index is 2500. The number of nitrogen functional groups attached to an aromatic ring is 1. The van der Waals surface area contributed by atoms with Crippen molar-refractivity contribution in [1.29, 1.82) is 0 Å². The summed E-state index contributed by atoms with van der Waals surface area (Å²) in [6.45, 7) is 0.612. The number of phenolic OH excluding ortho intramolecular Hbond substituents is 1. The Balaban J connectivity index is 1.75. The molecule has 0 radical (unpaired) electrons. The minimum Gasteiger partial charge on any atom is -0.505 e. The van der Waals surface area contributed by atoms with Crippen molar-refractivity contribution in [2.45, 2.75) is 21.6 Å². The Morgan fingerprint density at radius 1 is 0.725 bits per heavy atom. The van der Waals surface area contributed by atoms with Gasteiger partial charge in [-0.05, 0) is 41.8 Å². The van der Waals surface area contributed by atoms with Crippen molar-refractivity contribution in [3.63, 3.8) is 0 Å². The first-order valence-corrected chi connectivity index (χ1v) is 20.2. The number of methoxy groups -OCH3 is 2. The number of azo groups is 2. The second-order valence-electron chi connectivity index (χ2n) is 10.2. The SMILES string of the molecule is CCS(=O)(=O)c1cc(OC)c(N=Nc2ccc3cc(S(=O)(=O)O)c(N=Nc4ccc(S(=O)(=O)CCOS(=O)(=O)O)cc4)c(O)c3c2N)cc1OC. The van der Waals surface area contributed by atoms with Gasteiger partial charge >= 0.3 is 10.4 Å². The molecule has 0 aliphatic heterocycles. The zero-order chi connectivity index (χ0) is 37.9. The van der Waals surface area contributed by atoms with Gasteiger partial charge in [-0.15, -0.1) is 15.3 Å². The molecular weight excluding hydrogens is 759 g/mol. The molecule has 0 amide bonds. The molecule has 0 aliphatic carbocycles. The summed E-state index contributed by atoms with van der Waals surface area (Å²) in [6, 6.07) is 10.6. The molecule has 0 unspecified atom stereocenters. The molecule has 0 fully saturated rings. The van der Waals surface area contributed by atoms with Gasteiger partial charge in [0.25, 0.3) is 10.1 Å². The maximum absolute atomic E-state index is 12.5. The number of sulfone groups is 2. The van der Waals surface area contributed by atoms with Crippen LogP contribution in [0.25, 0.3) is 10.8 Å². The summed E-state index contributed by atoms with van der Waals surface area (Å²) in [7, 11) is -15.1. The zero-order valence-electron chi connectivity index (χ0n) is 26.6. The predicted molar refractivity (Wildman–Crippen MR) is 181 cm³/mol. The highest BCUT2D eigenvalue weighted by atomic mass is 32.3. The monoisotopic (exact) mass is 787 g/mol. The fourth-order valence-corrected chi connectivity index (χ4v) is 7.66. The Hall–Kier alpha value is -4.78. The quantitative estimate of drug-likeness (QED) is 0.0770. The van der Waals surface area contributed by atoms with E-state index in [1.165, 1.54) is 45.4 Å². The fourth-order valence-electron chi connectivity index (χ4n) is 4.47. The van der Waals surface area contributed by atoms with E-state index >= 15 is 0 Å². The Kier molecular flexibility index (Phi) is 11.3. The smallest absolute Gasteiger partial charge is 0.397 e. The normalized spacial score (nSPS) is 13.0. The molecule has 0 aliphatic rings. The van der Waals surface area contributed by atoms with Crippen LogP contribution in [-0.4, -0.2) is 80.2 Å². The van der Waals surface area contributed by atoms with Gasteiger partial charge < -0.3 is 20.3 Å². The van der Waals surface area contributed by atoms with E-state index in [-0.39, 0.29) is 60.6 Å². The van der Waals surface area contributed by atoms with Crippen LogP contribution >= 0.6 is 0 Å². The van der Waals surface area contributed by atoms with Gasteiger partial charge in [0.05, 0.1) is 54.0 Å². The molecule has 0 spiro atoms. The third-order valence-corrected chi connectivity index (χ3v) is 11.8. The summed E-state index contributed by atoms with van der Waals surface area (Å²) in [5, 5.41) is 26.9. The number of fused-ring (bicyclic) bond motifs is 1. The molecule has 4 aromatic rings. The number of nitrogens with two attached hydrogens (primary N) is 1. The lowest BCUT2D eigenvalue weighted by molar-refractivity contribution is 0.284. The first-order valence-electron chi connectivity index (χ1n) is 14.0. The molecule has 0 aromatic heterocycles. The van der Waals surface area contributed by atoms with Crippen molar-refractivity contribution in [3.8, 4) is 17.2 Å². The fraction of sp³-hybridized carbons (Fsp3) is 0.214. The number of anilines is 1. The van der Waals surface area contributed by atoms with Crippen LogP contribution in [-0.2, 0) is 44.4 Å². The van der Waals surface area contributed by atoms with Gasteiger partial charge in [-0.2, -0.15) is 21.9 Å². The largest absolute Gasteiger partial charge is 0.505 e. The molecule has 4 aromatic carbocycles. The molecule has 0 saturated heterocycles.